The van der Waals surface area contributed by atoms with E-state index in [0.29, 0.717) is 25.7 Å². The highest BCUT2D eigenvalue weighted by Crippen LogP contribution is 2.27. The van der Waals surface area contributed by atoms with Gasteiger partial charge in [0, 0.05) is 19.1 Å². The number of carbonyl (C=O) groups is 1. The van der Waals surface area contributed by atoms with E-state index in [4.69, 9.17) is 17.0 Å². The van der Waals surface area contributed by atoms with E-state index in [0.717, 1.165) is 28.6 Å². The lowest BCUT2D eigenvalue weighted by Gasteiger charge is -2.32. The Morgan fingerprint density at radius 1 is 1.38 bits per heavy atom. The van der Waals surface area contributed by atoms with Crippen LogP contribution < -0.4 is 0 Å². The van der Waals surface area contributed by atoms with E-state index in [-0.39, 0.29) is 6.09 Å². The third kappa shape index (κ3) is 2.68. The molecular weight excluding hydrogens is 286 g/mol. The molecule has 0 saturated carbocycles. The highest BCUT2D eigenvalue weighted by atomic mass is 32.1. The Morgan fingerprint density at radius 2 is 2.10 bits per heavy atom. The number of nitrogens with one attached hydrogen (secondary N) is 1. The fourth-order valence-electron chi connectivity index (χ4n) is 2.96. The largest absolute Gasteiger partial charge is 0.450 e. The van der Waals surface area contributed by atoms with Gasteiger partial charge < -0.3 is 19.2 Å². The lowest BCUT2D eigenvalue weighted by atomic mass is 10.1. The molecule has 1 aromatic carbocycles. The van der Waals surface area contributed by atoms with Crippen LogP contribution in [0.25, 0.3) is 11.0 Å². The molecule has 0 spiro atoms. The van der Waals surface area contributed by atoms with Gasteiger partial charge in [0.15, 0.2) is 4.77 Å². The summed E-state index contributed by atoms with van der Waals surface area (Å²) in [5.74, 6) is 0. The van der Waals surface area contributed by atoms with E-state index in [1.165, 1.54) is 0 Å². The fourth-order valence-corrected chi connectivity index (χ4v) is 3.32. The number of amides is 1. The molecule has 0 aliphatic carbocycles. The SMILES string of the molecule is CCOC(=O)N1CCC(n2c(=S)[nH]c3ccccc32)CC1. The number of likely N-dealkylation sites (tertiary alicyclic amines) is 1. The van der Waals surface area contributed by atoms with Crippen molar-refractivity contribution in [1.29, 1.82) is 0 Å². The minimum absolute atomic E-state index is 0.210. The van der Waals surface area contributed by atoms with E-state index in [1.807, 2.05) is 25.1 Å². The Hall–Kier alpha value is -1.82. The lowest BCUT2D eigenvalue weighted by molar-refractivity contribution is 0.0929. The summed E-state index contributed by atoms with van der Waals surface area (Å²) in [6, 6.07) is 8.48. The van der Waals surface area contributed by atoms with Gasteiger partial charge in [0.05, 0.1) is 17.6 Å². The number of hydrogen-bond acceptors (Lipinski definition) is 3. The van der Waals surface area contributed by atoms with E-state index in [1.54, 1.807) is 4.90 Å². The predicted molar refractivity (Wildman–Crippen MR) is 84.0 cm³/mol. The minimum Gasteiger partial charge on any atom is -0.450 e. The van der Waals surface area contributed by atoms with Crippen LogP contribution in [0.5, 0.6) is 0 Å². The van der Waals surface area contributed by atoms with Crippen LogP contribution in [-0.2, 0) is 4.74 Å². The number of aromatic nitrogens is 2. The third-order valence-corrected chi connectivity index (χ3v) is 4.28. The van der Waals surface area contributed by atoms with Gasteiger partial charge in [-0.25, -0.2) is 4.79 Å². The number of ether oxygens (including phenoxy) is 1. The van der Waals surface area contributed by atoms with Crippen molar-refractivity contribution in [3.63, 3.8) is 0 Å². The van der Waals surface area contributed by atoms with Crippen molar-refractivity contribution in [3.05, 3.63) is 29.0 Å². The molecule has 1 aromatic heterocycles. The molecule has 2 heterocycles. The van der Waals surface area contributed by atoms with Crippen LogP contribution in [0.2, 0.25) is 0 Å². The van der Waals surface area contributed by atoms with Gasteiger partial charge in [0.1, 0.15) is 0 Å². The van der Waals surface area contributed by atoms with Crippen molar-refractivity contribution < 1.29 is 9.53 Å². The smallest absolute Gasteiger partial charge is 0.409 e. The van der Waals surface area contributed by atoms with Gasteiger partial charge in [-0.1, -0.05) is 12.1 Å². The fraction of sp³-hybridized carbons (Fsp3) is 0.467. The topological polar surface area (TPSA) is 50.3 Å². The molecule has 0 unspecified atom stereocenters. The molecule has 0 atom stereocenters. The number of imidazole rings is 1. The van der Waals surface area contributed by atoms with Gasteiger partial charge >= 0.3 is 6.09 Å². The number of piperidine rings is 1. The molecule has 3 rings (SSSR count). The zero-order valence-corrected chi connectivity index (χ0v) is 12.9. The van der Waals surface area contributed by atoms with Crippen molar-refractivity contribution in [2.24, 2.45) is 0 Å². The quantitative estimate of drug-likeness (QED) is 0.864. The highest BCUT2D eigenvalue weighted by Gasteiger charge is 2.25. The van der Waals surface area contributed by atoms with Crippen LogP contribution in [0, 0.1) is 4.77 Å². The number of H-pyrrole nitrogens is 1. The molecule has 0 radical (unpaired) electrons. The number of benzene rings is 1. The maximum Gasteiger partial charge on any atom is 0.409 e. The maximum atomic E-state index is 11.7. The average Bonchev–Trinajstić information content (AvgIpc) is 2.83. The monoisotopic (exact) mass is 305 g/mol. The molecule has 112 valence electrons. The van der Waals surface area contributed by atoms with E-state index in [9.17, 15) is 4.79 Å². The second-order valence-electron chi connectivity index (χ2n) is 5.23. The van der Waals surface area contributed by atoms with Crippen molar-refractivity contribution in [2.45, 2.75) is 25.8 Å². The number of nitrogens with zero attached hydrogens (tertiary/aromatic N) is 2. The summed E-state index contributed by atoms with van der Waals surface area (Å²) in [5, 5.41) is 0. The van der Waals surface area contributed by atoms with Gasteiger partial charge in [0.2, 0.25) is 0 Å². The van der Waals surface area contributed by atoms with Crippen molar-refractivity contribution in [3.8, 4) is 0 Å². The molecule has 21 heavy (non-hydrogen) atoms. The summed E-state index contributed by atoms with van der Waals surface area (Å²) in [5.41, 5.74) is 2.20. The summed E-state index contributed by atoms with van der Waals surface area (Å²) in [6.45, 7) is 3.68. The predicted octanol–water partition coefficient (Wildman–Crippen LogP) is 3.49. The second kappa shape index (κ2) is 5.89. The number of rotatable bonds is 2. The molecule has 1 aliphatic rings. The molecule has 5 nitrogen and oxygen atoms in total. The number of carbonyl (C=O) groups excluding carboxylic acids is 1. The summed E-state index contributed by atoms with van der Waals surface area (Å²) in [6.07, 6.45) is 1.59. The Morgan fingerprint density at radius 3 is 2.81 bits per heavy atom. The van der Waals surface area contributed by atoms with Crippen LogP contribution >= 0.6 is 12.2 Å². The van der Waals surface area contributed by atoms with E-state index < -0.39 is 0 Å². The van der Waals surface area contributed by atoms with Crippen molar-refractivity contribution in [2.75, 3.05) is 19.7 Å². The van der Waals surface area contributed by atoms with E-state index >= 15 is 0 Å². The Balaban J connectivity index is 1.79. The Bertz CT molecular complexity index is 698. The summed E-state index contributed by atoms with van der Waals surface area (Å²) in [4.78, 5) is 16.8. The average molecular weight is 305 g/mol. The normalized spacial score (nSPS) is 16.3. The molecule has 2 aromatic rings. The van der Waals surface area contributed by atoms with Gasteiger partial charge in [-0.15, -0.1) is 0 Å². The molecule has 1 N–H and O–H groups in total. The summed E-state index contributed by atoms with van der Waals surface area (Å²) >= 11 is 5.46. The number of hydrogen-bond donors (Lipinski definition) is 1. The Labute approximate surface area is 128 Å². The van der Waals surface area contributed by atoms with Crippen LogP contribution in [0.3, 0.4) is 0 Å². The first-order valence-electron chi connectivity index (χ1n) is 7.31. The molecule has 0 bridgehead atoms. The first-order chi connectivity index (χ1) is 10.2. The molecular formula is C15H19N3O2S. The highest BCUT2D eigenvalue weighted by molar-refractivity contribution is 7.71. The first kappa shape index (κ1) is 14.1. The van der Waals surface area contributed by atoms with Crippen LogP contribution in [-0.4, -0.2) is 40.2 Å². The maximum absolute atomic E-state index is 11.7. The molecule has 1 aliphatic heterocycles. The van der Waals surface area contributed by atoms with Crippen molar-refractivity contribution in [1.82, 2.24) is 14.5 Å². The summed E-state index contributed by atoms with van der Waals surface area (Å²) in [7, 11) is 0. The van der Waals surface area contributed by atoms with Gasteiger partial charge in [-0.05, 0) is 44.1 Å². The number of para-hydroxylation sites is 2. The molecule has 1 saturated heterocycles. The van der Waals surface area contributed by atoms with Crippen molar-refractivity contribution >= 4 is 29.3 Å². The van der Waals surface area contributed by atoms with Crippen LogP contribution in [0.4, 0.5) is 4.79 Å². The van der Waals surface area contributed by atoms with Gasteiger partial charge in [0.25, 0.3) is 0 Å². The number of fused-ring (bicyclic) bond motifs is 1. The molecule has 1 amide bonds. The first-order valence-corrected chi connectivity index (χ1v) is 7.72. The summed E-state index contributed by atoms with van der Waals surface area (Å²) < 4.78 is 8.00. The van der Waals surface area contributed by atoms with Crippen LogP contribution in [0.1, 0.15) is 25.8 Å². The lowest BCUT2D eigenvalue weighted by Crippen LogP contribution is -2.39. The molecule has 6 heteroatoms. The number of aromatic amines is 1. The van der Waals surface area contributed by atoms with Crippen LogP contribution in [0.15, 0.2) is 24.3 Å². The minimum atomic E-state index is -0.210. The van der Waals surface area contributed by atoms with E-state index in [2.05, 4.69) is 15.6 Å². The zero-order chi connectivity index (χ0) is 14.8. The third-order valence-electron chi connectivity index (χ3n) is 3.98. The zero-order valence-electron chi connectivity index (χ0n) is 12.0. The van der Waals surface area contributed by atoms with Gasteiger partial charge in [-0.2, -0.15) is 0 Å². The standard InChI is InChI=1S/C15H19N3O2S/c1-2-20-15(19)17-9-7-11(8-10-17)18-13-6-4-3-5-12(13)16-14(18)21/h3-6,11H,2,7-10H2,1H3,(H,16,21). The molecule has 1 fully saturated rings. The van der Waals surface area contributed by atoms with Gasteiger partial charge in [-0.3, -0.25) is 0 Å². The second-order valence-corrected chi connectivity index (χ2v) is 5.62. The Kier molecular flexibility index (Phi) is 3.96.